The van der Waals surface area contributed by atoms with E-state index < -0.39 is 0 Å². The Hall–Kier alpha value is -2.07. The van der Waals surface area contributed by atoms with Gasteiger partial charge in [-0.25, -0.2) is 14.6 Å². The summed E-state index contributed by atoms with van der Waals surface area (Å²) in [6, 6.07) is 4.72. The van der Waals surface area contributed by atoms with Crippen LogP contribution in [0.15, 0.2) is 29.6 Å². The molecule has 154 valence electrons. The smallest absolute Gasteiger partial charge is 0.251 e. The zero-order valence-electron chi connectivity index (χ0n) is 15.9. The molecule has 0 saturated carbocycles. The highest BCUT2D eigenvalue weighted by Gasteiger charge is 2.13. The minimum absolute atomic E-state index is 0.257. The zero-order chi connectivity index (χ0) is 20.8. The van der Waals surface area contributed by atoms with Crippen LogP contribution in [0.2, 0.25) is 10.0 Å². The Bertz CT molecular complexity index is 993. The molecule has 0 radical (unpaired) electrons. The van der Waals surface area contributed by atoms with E-state index in [1.165, 1.54) is 11.8 Å². The van der Waals surface area contributed by atoms with Crippen molar-refractivity contribution in [2.75, 3.05) is 38.4 Å². The summed E-state index contributed by atoms with van der Waals surface area (Å²) in [6.45, 7) is 2.00. The van der Waals surface area contributed by atoms with Crippen molar-refractivity contribution >= 4 is 57.7 Å². The zero-order valence-corrected chi connectivity index (χ0v) is 18.2. The lowest BCUT2D eigenvalue weighted by Crippen LogP contribution is -2.27. The van der Waals surface area contributed by atoms with Crippen molar-refractivity contribution < 1.29 is 9.53 Å². The van der Waals surface area contributed by atoms with Crippen LogP contribution in [0.3, 0.4) is 0 Å². The molecule has 0 aliphatic rings. The number of benzene rings is 1. The van der Waals surface area contributed by atoms with E-state index in [0.717, 1.165) is 5.39 Å². The third kappa shape index (κ3) is 5.51. The number of anilines is 1. The van der Waals surface area contributed by atoms with Gasteiger partial charge in [-0.15, -0.1) is 0 Å². The van der Waals surface area contributed by atoms with E-state index in [2.05, 4.69) is 25.7 Å². The van der Waals surface area contributed by atoms with Crippen LogP contribution in [-0.4, -0.2) is 58.7 Å². The predicted octanol–water partition coefficient (Wildman–Crippen LogP) is 3.34. The van der Waals surface area contributed by atoms with Crippen LogP contribution in [0.25, 0.3) is 11.0 Å². The summed E-state index contributed by atoms with van der Waals surface area (Å²) in [6.07, 6.45) is 3.63. The van der Waals surface area contributed by atoms with Gasteiger partial charge in [0.1, 0.15) is 5.82 Å². The molecule has 0 fully saturated rings. The number of methoxy groups -OCH3 is 1. The minimum atomic E-state index is -0.257. The average Bonchev–Trinajstić information content (AvgIpc) is 3.10. The van der Waals surface area contributed by atoms with E-state index >= 15 is 0 Å². The summed E-state index contributed by atoms with van der Waals surface area (Å²) in [5, 5.41) is 12.8. The first-order valence-electron chi connectivity index (χ1n) is 8.76. The van der Waals surface area contributed by atoms with Crippen LogP contribution in [0.5, 0.6) is 0 Å². The molecule has 0 aliphatic carbocycles. The standard InChI is InChI=1S/C18H20Cl2N6O2S/c1-28-6-4-21-15-14-10-23-26(16(14)25-18(24-15)29-2)5-3-22-17(27)11-7-12(19)9-13(20)8-11/h7-10H,3-6H2,1-2H3,(H,22,27)(H,21,24,25). The van der Waals surface area contributed by atoms with E-state index in [9.17, 15) is 4.79 Å². The number of fused-ring (bicyclic) bond motifs is 1. The average molecular weight is 455 g/mol. The number of halogens is 2. The van der Waals surface area contributed by atoms with E-state index in [1.54, 1.807) is 36.2 Å². The quantitative estimate of drug-likeness (QED) is 0.290. The highest BCUT2D eigenvalue weighted by molar-refractivity contribution is 7.98. The molecule has 0 unspecified atom stereocenters. The number of nitrogens with zero attached hydrogens (tertiary/aromatic N) is 4. The number of carbonyl (C=O) groups is 1. The molecule has 2 aromatic heterocycles. The Morgan fingerprint density at radius 3 is 2.66 bits per heavy atom. The fraction of sp³-hybridized carbons (Fsp3) is 0.333. The van der Waals surface area contributed by atoms with Gasteiger partial charge in [0.25, 0.3) is 5.91 Å². The molecule has 0 spiro atoms. The van der Waals surface area contributed by atoms with Crippen molar-refractivity contribution in [3.8, 4) is 0 Å². The lowest BCUT2D eigenvalue weighted by Gasteiger charge is -2.09. The Kier molecular flexibility index (Phi) is 7.54. The summed E-state index contributed by atoms with van der Waals surface area (Å²) in [7, 11) is 1.65. The van der Waals surface area contributed by atoms with Gasteiger partial charge < -0.3 is 15.4 Å². The van der Waals surface area contributed by atoms with Gasteiger partial charge in [0, 0.05) is 35.8 Å². The van der Waals surface area contributed by atoms with E-state index in [1.807, 2.05) is 6.26 Å². The maximum Gasteiger partial charge on any atom is 0.251 e. The van der Waals surface area contributed by atoms with Crippen LogP contribution >= 0.6 is 35.0 Å². The van der Waals surface area contributed by atoms with Gasteiger partial charge in [0.15, 0.2) is 10.8 Å². The van der Waals surface area contributed by atoms with Crippen molar-refractivity contribution in [1.29, 1.82) is 0 Å². The van der Waals surface area contributed by atoms with Crippen molar-refractivity contribution in [1.82, 2.24) is 25.1 Å². The van der Waals surface area contributed by atoms with Crippen molar-refractivity contribution in [3.05, 3.63) is 40.0 Å². The second-order valence-corrected chi connectivity index (χ2v) is 7.64. The van der Waals surface area contributed by atoms with E-state index in [-0.39, 0.29) is 5.91 Å². The Morgan fingerprint density at radius 2 is 1.97 bits per heavy atom. The maximum absolute atomic E-state index is 12.3. The summed E-state index contributed by atoms with van der Waals surface area (Å²) in [5.74, 6) is 0.451. The van der Waals surface area contributed by atoms with Gasteiger partial charge in [-0.05, 0) is 24.5 Å². The lowest BCUT2D eigenvalue weighted by atomic mass is 10.2. The summed E-state index contributed by atoms with van der Waals surface area (Å²) in [4.78, 5) is 21.4. The third-order valence-electron chi connectivity index (χ3n) is 3.99. The van der Waals surface area contributed by atoms with Crippen molar-refractivity contribution in [2.45, 2.75) is 11.7 Å². The number of hydrogen-bond acceptors (Lipinski definition) is 7. The van der Waals surface area contributed by atoms with Gasteiger partial charge in [-0.1, -0.05) is 35.0 Å². The number of hydrogen-bond donors (Lipinski definition) is 2. The summed E-state index contributed by atoms with van der Waals surface area (Å²) in [5.41, 5.74) is 1.11. The predicted molar refractivity (Wildman–Crippen MR) is 116 cm³/mol. The molecule has 1 amide bonds. The molecule has 8 nitrogen and oxygen atoms in total. The number of aromatic nitrogens is 4. The molecular weight excluding hydrogens is 435 g/mol. The molecular formula is C18H20Cl2N6O2S. The molecule has 3 rings (SSSR count). The number of carbonyl (C=O) groups excluding carboxylic acids is 1. The molecule has 3 aromatic rings. The normalized spacial score (nSPS) is 11.0. The number of ether oxygens (including phenoxy) is 1. The molecule has 0 aliphatic heterocycles. The molecule has 2 heterocycles. The van der Waals surface area contributed by atoms with E-state index in [4.69, 9.17) is 27.9 Å². The van der Waals surface area contributed by atoms with Crippen molar-refractivity contribution in [3.63, 3.8) is 0 Å². The lowest BCUT2D eigenvalue weighted by molar-refractivity contribution is 0.0952. The van der Waals surface area contributed by atoms with Crippen LogP contribution < -0.4 is 10.6 Å². The summed E-state index contributed by atoms with van der Waals surface area (Å²) < 4.78 is 6.81. The van der Waals surface area contributed by atoms with Crippen LogP contribution in [0, 0.1) is 0 Å². The fourth-order valence-electron chi connectivity index (χ4n) is 2.66. The molecule has 2 N–H and O–H groups in total. The number of amides is 1. The topological polar surface area (TPSA) is 94.0 Å². The fourth-order valence-corrected chi connectivity index (χ4v) is 3.55. The largest absolute Gasteiger partial charge is 0.383 e. The van der Waals surface area contributed by atoms with Gasteiger partial charge in [0.2, 0.25) is 0 Å². The van der Waals surface area contributed by atoms with Crippen molar-refractivity contribution in [2.24, 2.45) is 0 Å². The molecule has 29 heavy (non-hydrogen) atoms. The Morgan fingerprint density at radius 1 is 1.21 bits per heavy atom. The Balaban J connectivity index is 1.71. The molecule has 1 aromatic carbocycles. The molecule has 0 atom stereocenters. The Labute approximate surface area is 182 Å². The van der Waals surface area contributed by atoms with Gasteiger partial charge in [-0.2, -0.15) is 5.10 Å². The monoisotopic (exact) mass is 454 g/mol. The van der Waals surface area contributed by atoms with Gasteiger partial charge in [-0.3, -0.25) is 4.79 Å². The van der Waals surface area contributed by atoms with Crippen LogP contribution in [0.4, 0.5) is 5.82 Å². The van der Waals surface area contributed by atoms with Crippen LogP contribution in [-0.2, 0) is 11.3 Å². The highest BCUT2D eigenvalue weighted by Crippen LogP contribution is 2.23. The summed E-state index contributed by atoms with van der Waals surface area (Å²) >= 11 is 13.4. The number of nitrogens with one attached hydrogen (secondary N) is 2. The third-order valence-corrected chi connectivity index (χ3v) is 4.97. The minimum Gasteiger partial charge on any atom is -0.383 e. The maximum atomic E-state index is 12.3. The number of rotatable bonds is 9. The molecule has 0 bridgehead atoms. The highest BCUT2D eigenvalue weighted by atomic mass is 35.5. The van der Waals surface area contributed by atoms with E-state index in [0.29, 0.717) is 58.5 Å². The second-order valence-electron chi connectivity index (χ2n) is 6.00. The molecule has 0 saturated heterocycles. The first-order valence-corrected chi connectivity index (χ1v) is 10.7. The van der Waals surface area contributed by atoms with Gasteiger partial charge in [0.05, 0.1) is 24.7 Å². The van der Waals surface area contributed by atoms with Crippen LogP contribution in [0.1, 0.15) is 10.4 Å². The molecule has 11 heteroatoms. The number of thioether (sulfide) groups is 1. The SMILES string of the molecule is COCCNc1nc(SC)nc2c1cnn2CCNC(=O)c1cc(Cl)cc(Cl)c1. The van der Waals surface area contributed by atoms with Gasteiger partial charge >= 0.3 is 0 Å². The first kappa shape index (κ1) is 21.6. The first-order chi connectivity index (χ1) is 14.0. The second kappa shape index (κ2) is 10.1.